The van der Waals surface area contributed by atoms with Gasteiger partial charge in [0.05, 0.1) is 5.41 Å². The van der Waals surface area contributed by atoms with Crippen molar-refractivity contribution < 1.29 is 9.59 Å². The van der Waals surface area contributed by atoms with E-state index in [4.69, 9.17) is 0 Å². The van der Waals surface area contributed by atoms with Crippen LogP contribution in [0, 0.1) is 0 Å². The van der Waals surface area contributed by atoms with E-state index in [1.807, 2.05) is 61.6 Å². The van der Waals surface area contributed by atoms with E-state index in [0.29, 0.717) is 19.5 Å². The van der Waals surface area contributed by atoms with Gasteiger partial charge in [-0.05, 0) is 30.7 Å². The maximum atomic E-state index is 13.3. The second kappa shape index (κ2) is 7.70. The molecule has 5 heteroatoms. The van der Waals surface area contributed by atoms with Crippen molar-refractivity contribution in [1.82, 2.24) is 10.6 Å². The lowest BCUT2D eigenvalue weighted by molar-refractivity contribution is -0.129. The molecule has 0 unspecified atom stereocenters. The maximum absolute atomic E-state index is 13.3. The predicted octanol–water partition coefficient (Wildman–Crippen LogP) is 1.87. The van der Waals surface area contributed by atoms with Crippen LogP contribution in [0.15, 0.2) is 54.6 Å². The number of fused-ring (bicyclic) bond motifs is 1. The first-order chi connectivity index (χ1) is 12.6. The minimum atomic E-state index is -0.865. The van der Waals surface area contributed by atoms with Gasteiger partial charge in [0.1, 0.15) is 0 Å². The fraction of sp³-hybridized carbons (Fsp3) is 0.333. The average Bonchev–Trinajstić information content (AvgIpc) is 2.85. The van der Waals surface area contributed by atoms with Crippen molar-refractivity contribution in [2.45, 2.75) is 18.3 Å². The van der Waals surface area contributed by atoms with Crippen LogP contribution in [-0.2, 0) is 21.4 Å². The molecule has 2 amide bonds. The topological polar surface area (TPSA) is 61.4 Å². The minimum Gasteiger partial charge on any atom is -0.355 e. The monoisotopic (exact) mass is 351 g/mol. The fourth-order valence-electron chi connectivity index (χ4n) is 3.73. The van der Waals surface area contributed by atoms with E-state index < -0.39 is 5.41 Å². The summed E-state index contributed by atoms with van der Waals surface area (Å²) in [7, 11) is 3.63. The van der Waals surface area contributed by atoms with E-state index in [2.05, 4.69) is 10.6 Å². The van der Waals surface area contributed by atoms with Gasteiger partial charge in [-0.3, -0.25) is 9.59 Å². The molecule has 0 radical (unpaired) electrons. The van der Waals surface area contributed by atoms with Crippen LogP contribution < -0.4 is 15.5 Å². The molecule has 1 aliphatic heterocycles. The number of carbonyl (C=O) groups is 2. The number of hydrogen-bond donors (Lipinski definition) is 2. The van der Waals surface area contributed by atoms with Gasteiger partial charge < -0.3 is 15.5 Å². The summed E-state index contributed by atoms with van der Waals surface area (Å²) in [5, 5.41) is 5.92. The third-order valence-corrected chi connectivity index (χ3v) is 5.00. The Morgan fingerprint density at radius 1 is 1.04 bits per heavy atom. The molecule has 2 aromatic rings. The minimum absolute atomic E-state index is 0.0219. The summed E-state index contributed by atoms with van der Waals surface area (Å²) in [6.07, 6.45) is 0.652. The first-order valence-electron chi connectivity index (χ1n) is 8.91. The Kier molecular flexibility index (Phi) is 5.38. The van der Waals surface area contributed by atoms with E-state index in [-0.39, 0.29) is 18.2 Å². The summed E-state index contributed by atoms with van der Waals surface area (Å²) in [6.45, 7) is 1.24. The quantitative estimate of drug-likeness (QED) is 0.749. The number of para-hydroxylation sites is 1. The number of rotatable bonds is 7. The lowest BCUT2D eigenvalue weighted by Gasteiger charge is -2.28. The molecule has 26 heavy (non-hydrogen) atoms. The zero-order valence-corrected chi connectivity index (χ0v) is 15.3. The van der Waals surface area contributed by atoms with Crippen LogP contribution in [0.5, 0.6) is 0 Å². The largest absolute Gasteiger partial charge is 0.355 e. The molecule has 0 fully saturated rings. The van der Waals surface area contributed by atoms with Crippen LogP contribution >= 0.6 is 0 Å². The number of anilines is 1. The molecular formula is C21H25N3O2. The van der Waals surface area contributed by atoms with Crippen molar-refractivity contribution in [2.75, 3.05) is 32.1 Å². The summed E-state index contributed by atoms with van der Waals surface area (Å²) in [6, 6.07) is 17.7. The molecule has 5 nitrogen and oxygen atoms in total. The molecule has 136 valence electrons. The zero-order valence-electron chi connectivity index (χ0n) is 15.3. The molecule has 0 aliphatic carbocycles. The smallest absolute Gasteiger partial charge is 0.238 e. The Bertz CT molecular complexity index is 791. The first-order valence-corrected chi connectivity index (χ1v) is 8.91. The highest BCUT2D eigenvalue weighted by Crippen LogP contribution is 2.45. The van der Waals surface area contributed by atoms with Gasteiger partial charge in [0.15, 0.2) is 0 Å². The Balaban J connectivity index is 1.97. The van der Waals surface area contributed by atoms with Gasteiger partial charge in [-0.25, -0.2) is 0 Å². The van der Waals surface area contributed by atoms with Crippen molar-refractivity contribution in [1.29, 1.82) is 0 Å². The van der Waals surface area contributed by atoms with Gasteiger partial charge in [0, 0.05) is 32.2 Å². The number of nitrogens with one attached hydrogen (secondary N) is 2. The third kappa shape index (κ3) is 3.35. The predicted molar refractivity (Wildman–Crippen MR) is 103 cm³/mol. The summed E-state index contributed by atoms with van der Waals surface area (Å²) >= 11 is 0. The number of likely N-dealkylation sites (N-methyl/N-ethyl adjacent to an activating group) is 2. The van der Waals surface area contributed by atoms with Gasteiger partial charge in [0.25, 0.3) is 0 Å². The molecule has 0 aromatic heterocycles. The SMILES string of the molecule is CNCCNC(=O)C[C@]1(Cc2ccccc2)C(=O)N(C)c2ccccc21. The molecule has 0 bridgehead atoms. The normalized spacial score (nSPS) is 18.7. The Morgan fingerprint density at radius 2 is 1.73 bits per heavy atom. The second-order valence-electron chi connectivity index (χ2n) is 6.76. The van der Waals surface area contributed by atoms with Gasteiger partial charge in [0.2, 0.25) is 11.8 Å². The van der Waals surface area contributed by atoms with Crippen molar-refractivity contribution in [3.63, 3.8) is 0 Å². The van der Waals surface area contributed by atoms with Crippen LogP contribution in [0.25, 0.3) is 0 Å². The van der Waals surface area contributed by atoms with Crippen LogP contribution in [0.3, 0.4) is 0 Å². The number of carbonyl (C=O) groups excluding carboxylic acids is 2. The molecule has 1 aliphatic rings. The van der Waals surface area contributed by atoms with E-state index >= 15 is 0 Å². The molecule has 2 aromatic carbocycles. The zero-order chi connectivity index (χ0) is 18.6. The van der Waals surface area contributed by atoms with E-state index in [1.54, 1.807) is 11.9 Å². The third-order valence-electron chi connectivity index (χ3n) is 5.00. The standard InChI is InChI=1S/C21H25N3O2/c1-22-12-13-23-19(25)15-21(14-16-8-4-3-5-9-16)17-10-6-7-11-18(17)24(2)20(21)26/h3-11,22H,12-15H2,1-2H3,(H,23,25)/t21-/m0/s1. The molecule has 3 rings (SSSR count). The number of hydrogen-bond acceptors (Lipinski definition) is 3. The van der Waals surface area contributed by atoms with Gasteiger partial charge >= 0.3 is 0 Å². The van der Waals surface area contributed by atoms with Crippen molar-refractivity contribution >= 4 is 17.5 Å². The first kappa shape index (κ1) is 18.1. The fourth-order valence-corrected chi connectivity index (χ4v) is 3.73. The summed E-state index contributed by atoms with van der Waals surface area (Å²) in [5.41, 5.74) is 2.00. The number of nitrogens with zero attached hydrogens (tertiary/aromatic N) is 1. The van der Waals surface area contributed by atoms with Crippen LogP contribution in [-0.4, -0.2) is 39.0 Å². The lowest BCUT2D eigenvalue weighted by Crippen LogP contribution is -2.45. The molecule has 2 N–H and O–H groups in total. The molecule has 0 saturated carbocycles. The van der Waals surface area contributed by atoms with E-state index in [0.717, 1.165) is 16.8 Å². The number of amides is 2. The average molecular weight is 351 g/mol. The van der Waals surface area contributed by atoms with Crippen molar-refractivity contribution in [3.05, 3.63) is 65.7 Å². The molecule has 0 saturated heterocycles. The summed E-state index contributed by atoms with van der Waals surface area (Å²) in [5.74, 6) is -0.124. The van der Waals surface area contributed by atoms with Crippen molar-refractivity contribution in [2.24, 2.45) is 0 Å². The summed E-state index contributed by atoms with van der Waals surface area (Å²) in [4.78, 5) is 27.6. The highest BCUT2D eigenvalue weighted by molar-refractivity contribution is 6.09. The highest BCUT2D eigenvalue weighted by atomic mass is 16.2. The summed E-state index contributed by atoms with van der Waals surface area (Å²) < 4.78 is 0. The second-order valence-corrected chi connectivity index (χ2v) is 6.76. The van der Waals surface area contributed by atoms with Crippen LogP contribution in [0.4, 0.5) is 5.69 Å². The molecule has 0 spiro atoms. The lowest BCUT2D eigenvalue weighted by atomic mass is 9.73. The van der Waals surface area contributed by atoms with Crippen LogP contribution in [0.1, 0.15) is 17.5 Å². The highest BCUT2D eigenvalue weighted by Gasteiger charge is 2.50. The van der Waals surface area contributed by atoms with E-state index in [9.17, 15) is 9.59 Å². The maximum Gasteiger partial charge on any atom is 0.238 e. The van der Waals surface area contributed by atoms with Gasteiger partial charge in [-0.1, -0.05) is 48.5 Å². The molecular weight excluding hydrogens is 326 g/mol. The van der Waals surface area contributed by atoms with Gasteiger partial charge in [-0.15, -0.1) is 0 Å². The molecule has 1 atom stereocenters. The Morgan fingerprint density at radius 3 is 2.46 bits per heavy atom. The molecule has 1 heterocycles. The Hall–Kier alpha value is -2.66. The number of benzene rings is 2. The van der Waals surface area contributed by atoms with E-state index in [1.165, 1.54) is 0 Å². The van der Waals surface area contributed by atoms with Crippen LogP contribution in [0.2, 0.25) is 0 Å². The van der Waals surface area contributed by atoms with Crippen molar-refractivity contribution in [3.8, 4) is 0 Å². The Labute approximate surface area is 154 Å². The van der Waals surface area contributed by atoms with Gasteiger partial charge in [-0.2, -0.15) is 0 Å².